The predicted molar refractivity (Wildman–Crippen MR) is 70.1 cm³/mol. The first kappa shape index (κ1) is 11.3. The monoisotopic (exact) mass is 278 g/mol. The van der Waals surface area contributed by atoms with Gasteiger partial charge in [0, 0.05) is 10.6 Å². The fourth-order valence-electron chi connectivity index (χ4n) is 1.50. The third kappa shape index (κ3) is 1.79. The van der Waals surface area contributed by atoms with Gasteiger partial charge in [-0.15, -0.1) is 10.2 Å². The van der Waals surface area contributed by atoms with Gasteiger partial charge in [-0.1, -0.05) is 35.1 Å². The molecule has 0 unspecified atom stereocenters. The molecule has 90 valence electrons. The Morgan fingerprint density at radius 3 is 2.67 bits per heavy atom. The van der Waals surface area contributed by atoms with E-state index in [1.807, 2.05) is 12.1 Å². The van der Waals surface area contributed by atoms with Crippen LogP contribution in [0.5, 0.6) is 0 Å². The van der Waals surface area contributed by atoms with Gasteiger partial charge < -0.3 is 0 Å². The van der Waals surface area contributed by atoms with Crippen molar-refractivity contribution in [2.75, 3.05) is 0 Å². The molecule has 0 N–H and O–H groups in total. The molecule has 0 saturated heterocycles. The molecule has 2 heterocycles. The van der Waals surface area contributed by atoms with Crippen molar-refractivity contribution < 1.29 is 0 Å². The summed E-state index contributed by atoms with van der Waals surface area (Å²) in [5.74, 6) is 0. The van der Waals surface area contributed by atoms with E-state index in [0.717, 1.165) is 5.56 Å². The molecule has 0 spiro atoms. The van der Waals surface area contributed by atoms with E-state index in [-0.39, 0.29) is 5.56 Å². The van der Waals surface area contributed by atoms with Gasteiger partial charge in [0.15, 0.2) is 0 Å². The summed E-state index contributed by atoms with van der Waals surface area (Å²) < 4.78 is 1.27. The standard InChI is InChI=1S/C11H7ClN4OS/c1-6-10(17)16-11(14-13-6)18-9(15-16)7-2-4-8(12)5-3-7/h2-5H,1H3. The van der Waals surface area contributed by atoms with Crippen molar-refractivity contribution in [2.24, 2.45) is 0 Å². The fourth-order valence-corrected chi connectivity index (χ4v) is 2.47. The molecule has 0 bridgehead atoms. The quantitative estimate of drug-likeness (QED) is 0.684. The maximum Gasteiger partial charge on any atom is 0.296 e. The van der Waals surface area contributed by atoms with Gasteiger partial charge in [0.05, 0.1) is 0 Å². The maximum atomic E-state index is 11.8. The highest BCUT2D eigenvalue weighted by molar-refractivity contribution is 7.19. The summed E-state index contributed by atoms with van der Waals surface area (Å²) >= 11 is 7.14. The van der Waals surface area contributed by atoms with Crippen molar-refractivity contribution in [3.05, 3.63) is 45.3 Å². The molecule has 3 rings (SSSR count). The van der Waals surface area contributed by atoms with Gasteiger partial charge in [-0.25, -0.2) is 0 Å². The minimum Gasteiger partial charge on any atom is -0.265 e. The summed E-state index contributed by atoms with van der Waals surface area (Å²) in [7, 11) is 0. The highest BCUT2D eigenvalue weighted by Crippen LogP contribution is 2.25. The van der Waals surface area contributed by atoms with Crippen LogP contribution in [0, 0.1) is 6.92 Å². The third-order valence-corrected chi connectivity index (χ3v) is 3.64. The Labute approximate surface area is 111 Å². The highest BCUT2D eigenvalue weighted by atomic mass is 35.5. The second-order valence-electron chi connectivity index (χ2n) is 3.70. The number of benzene rings is 1. The van der Waals surface area contributed by atoms with Gasteiger partial charge in [0.25, 0.3) is 5.56 Å². The average molecular weight is 279 g/mol. The molecular weight excluding hydrogens is 272 g/mol. The fraction of sp³-hybridized carbons (Fsp3) is 0.0909. The van der Waals surface area contributed by atoms with Crippen molar-refractivity contribution in [2.45, 2.75) is 6.92 Å². The first-order valence-corrected chi connectivity index (χ1v) is 6.34. The Bertz CT molecular complexity index is 778. The zero-order valence-corrected chi connectivity index (χ0v) is 10.9. The van der Waals surface area contributed by atoms with Crippen molar-refractivity contribution in [3.8, 4) is 10.6 Å². The average Bonchev–Trinajstić information content (AvgIpc) is 2.80. The van der Waals surface area contributed by atoms with Gasteiger partial charge in [0.2, 0.25) is 4.96 Å². The number of hydrogen-bond donors (Lipinski definition) is 0. The lowest BCUT2D eigenvalue weighted by Gasteiger charge is -1.94. The lowest BCUT2D eigenvalue weighted by molar-refractivity contribution is 0.829. The Morgan fingerprint density at radius 2 is 1.94 bits per heavy atom. The summed E-state index contributed by atoms with van der Waals surface area (Å²) in [6.07, 6.45) is 0. The molecular formula is C11H7ClN4OS. The van der Waals surface area contributed by atoms with Crippen molar-refractivity contribution >= 4 is 27.9 Å². The number of aromatic nitrogens is 4. The van der Waals surface area contributed by atoms with Crippen molar-refractivity contribution in [3.63, 3.8) is 0 Å². The van der Waals surface area contributed by atoms with E-state index >= 15 is 0 Å². The van der Waals surface area contributed by atoms with Crippen LogP contribution >= 0.6 is 22.9 Å². The van der Waals surface area contributed by atoms with Gasteiger partial charge in [0.1, 0.15) is 10.7 Å². The molecule has 0 radical (unpaired) electrons. The summed E-state index contributed by atoms with van der Waals surface area (Å²) in [6.45, 7) is 1.61. The molecule has 0 aliphatic heterocycles. The molecule has 7 heteroatoms. The first-order valence-electron chi connectivity index (χ1n) is 5.14. The van der Waals surface area contributed by atoms with Crippen LogP contribution in [-0.4, -0.2) is 19.8 Å². The van der Waals surface area contributed by atoms with Crippen LogP contribution in [0.1, 0.15) is 5.69 Å². The van der Waals surface area contributed by atoms with E-state index in [2.05, 4.69) is 15.3 Å². The smallest absolute Gasteiger partial charge is 0.265 e. The first-order chi connectivity index (χ1) is 8.65. The van der Waals surface area contributed by atoms with Gasteiger partial charge in [-0.2, -0.15) is 9.61 Å². The van der Waals surface area contributed by atoms with E-state index in [0.29, 0.717) is 20.7 Å². The normalized spacial score (nSPS) is 11.0. The molecule has 0 aliphatic rings. The van der Waals surface area contributed by atoms with E-state index in [9.17, 15) is 4.79 Å². The van der Waals surface area contributed by atoms with Crippen LogP contribution in [0.4, 0.5) is 0 Å². The lowest BCUT2D eigenvalue weighted by Crippen LogP contribution is -2.19. The van der Waals surface area contributed by atoms with Gasteiger partial charge >= 0.3 is 0 Å². The molecule has 3 aromatic rings. The number of nitrogens with zero attached hydrogens (tertiary/aromatic N) is 4. The summed E-state index contributed by atoms with van der Waals surface area (Å²) in [4.78, 5) is 12.3. The van der Waals surface area contributed by atoms with Gasteiger partial charge in [-0.05, 0) is 19.1 Å². The Morgan fingerprint density at radius 1 is 1.22 bits per heavy atom. The van der Waals surface area contributed by atoms with Crippen LogP contribution in [0.15, 0.2) is 29.1 Å². The van der Waals surface area contributed by atoms with E-state index in [1.165, 1.54) is 15.9 Å². The molecule has 18 heavy (non-hydrogen) atoms. The van der Waals surface area contributed by atoms with Crippen LogP contribution in [-0.2, 0) is 0 Å². The van der Waals surface area contributed by atoms with E-state index in [4.69, 9.17) is 11.6 Å². The van der Waals surface area contributed by atoms with Crippen LogP contribution in [0.25, 0.3) is 15.5 Å². The Kier molecular flexibility index (Phi) is 2.61. The number of fused-ring (bicyclic) bond motifs is 1. The zero-order valence-electron chi connectivity index (χ0n) is 9.29. The summed E-state index contributed by atoms with van der Waals surface area (Å²) in [6, 6.07) is 7.27. The molecule has 5 nitrogen and oxygen atoms in total. The SMILES string of the molecule is Cc1nnc2sc(-c3ccc(Cl)cc3)nn2c1=O. The molecule has 0 amide bonds. The molecule has 0 atom stereocenters. The summed E-state index contributed by atoms with van der Waals surface area (Å²) in [5.41, 5.74) is 0.990. The molecule has 0 aliphatic carbocycles. The van der Waals surface area contributed by atoms with Crippen LogP contribution < -0.4 is 5.56 Å². The third-order valence-electron chi connectivity index (χ3n) is 2.44. The minimum atomic E-state index is -0.239. The highest BCUT2D eigenvalue weighted by Gasteiger charge is 2.10. The number of aryl methyl sites for hydroxylation is 1. The van der Waals surface area contributed by atoms with Crippen molar-refractivity contribution in [1.82, 2.24) is 19.8 Å². The topological polar surface area (TPSA) is 60.1 Å². The Balaban J connectivity index is 2.22. The van der Waals surface area contributed by atoms with Gasteiger partial charge in [-0.3, -0.25) is 4.79 Å². The Hall–Kier alpha value is -1.79. The second kappa shape index (κ2) is 4.15. The molecule has 0 saturated carbocycles. The molecule has 2 aromatic heterocycles. The lowest BCUT2D eigenvalue weighted by atomic mass is 10.2. The van der Waals surface area contributed by atoms with Crippen LogP contribution in [0.3, 0.4) is 0 Å². The van der Waals surface area contributed by atoms with Crippen LogP contribution in [0.2, 0.25) is 5.02 Å². The van der Waals surface area contributed by atoms with E-state index < -0.39 is 0 Å². The maximum absolute atomic E-state index is 11.8. The number of rotatable bonds is 1. The number of hydrogen-bond acceptors (Lipinski definition) is 5. The van der Waals surface area contributed by atoms with E-state index in [1.54, 1.807) is 19.1 Å². The second-order valence-corrected chi connectivity index (χ2v) is 5.09. The number of halogens is 1. The molecule has 0 fully saturated rings. The minimum absolute atomic E-state index is 0.239. The van der Waals surface area contributed by atoms with Crippen molar-refractivity contribution in [1.29, 1.82) is 0 Å². The summed E-state index contributed by atoms with van der Waals surface area (Å²) in [5, 5.41) is 13.4. The largest absolute Gasteiger partial charge is 0.296 e. The molecule has 1 aromatic carbocycles. The predicted octanol–water partition coefficient (Wildman–Crippen LogP) is 2.17. The zero-order chi connectivity index (χ0) is 12.7.